The molecule has 0 amide bonds. The van der Waals surface area contributed by atoms with Crippen LogP contribution in [0.2, 0.25) is 0 Å². The molecule has 0 aliphatic rings. The average Bonchev–Trinajstić information content (AvgIpc) is 2.40. The smallest absolute Gasteiger partial charge is 0.274 e. The maximum absolute atomic E-state index is 12.6. The highest BCUT2D eigenvalue weighted by Gasteiger charge is 2.12. The Morgan fingerprint density at radius 1 is 1.32 bits per heavy atom. The van der Waals surface area contributed by atoms with E-state index < -0.39 is 0 Å². The van der Waals surface area contributed by atoms with Crippen molar-refractivity contribution in [2.75, 3.05) is 18.6 Å². The summed E-state index contributed by atoms with van der Waals surface area (Å²) in [6.07, 6.45) is 4.51. The van der Waals surface area contributed by atoms with Crippen LogP contribution in [-0.2, 0) is 6.42 Å². The number of fused-ring (bicyclic) bond motifs is 1. The molecule has 4 heteroatoms. The first-order chi connectivity index (χ1) is 9.19. The van der Waals surface area contributed by atoms with Crippen molar-refractivity contribution in [3.63, 3.8) is 0 Å². The molecule has 0 fully saturated rings. The van der Waals surface area contributed by atoms with Gasteiger partial charge in [0.1, 0.15) is 0 Å². The predicted octanol–water partition coefficient (Wildman–Crippen LogP) is 2.33. The molecule has 102 valence electrons. The van der Waals surface area contributed by atoms with E-state index in [0.29, 0.717) is 0 Å². The van der Waals surface area contributed by atoms with Crippen LogP contribution in [0.4, 0.5) is 0 Å². The lowest BCUT2D eigenvalue weighted by Gasteiger charge is -2.23. The molecule has 0 saturated heterocycles. The molecule has 0 aromatic carbocycles. The zero-order valence-electron chi connectivity index (χ0n) is 11.9. The van der Waals surface area contributed by atoms with Gasteiger partial charge in [-0.3, -0.25) is 4.79 Å². The van der Waals surface area contributed by atoms with Gasteiger partial charge in [0.2, 0.25) is 0 Å². The molecule has 2 aromatic rings. The van der Waals surface area contributed by atoms with E-state index in [1.54, 1.807) is 10.9 Å². The zero-order chi connectivity index (χ0) is 13.8. The van der Waals surface area contributed by atoms with Crippen LogP contribution >= 0.6 is 0 Å². The zero-order valence-corrected chi connectivity index (χ0v) is 11.9. The van der Waals surface area contributed by atoms with Gasteiger partial charge in [-0.05, 0) is 31.0 Å². The molecule has 2 rings (SSSR count). The highest BCUT2D eigenvalue weighted by atomic mass is 16.1. The lowest BCUT2D eigenvalue weighted by atomic mass is 10.1. The van der Waals surface area contributed by atoms with Crippen molar-refractivity contribution in [3.05, 3.63) is 40.3 Å². The maximum Gasteiger partial charge on any atom is 0.274 e. The predicted molar refractivity (Wildman–Crippen MR) is 79.3 cm³/mol. The number of nitrogens with zero attached hydrogens (tertiary/aromatic N) is 3. The molecule has 0 spiro atoms. The Hall–Kier alpha value is -1.84. The van der Waals surface area contributed by atoms with E-state index in [0.717, 1.165) is 42.4 Å². The summed E-state index contributed by atoms with van der Waals surface area (Å²) in [6, 6.07) is 5.90. The van der Waals surface area contributed by atoms with Crippen LogP contribution in [0.25, 0.3) is 11.0 Å². The van der Waals surface area contributed by atoms with Gasteiger partial charge in [-0.15, -0.1) is 0 Å². The van der Waals surface area contributed by atoms with E-state index in [1.165, 1.54) is 0 Å². The Morgan fingerprint density at radius 2 is 2.11 bits per heavy atom. The van der Waals surface area contributed by atoms with Gasteiger partial charge in [-0.2, -0.15) is 0 Å². The fourth-order valence-electron chi connectivity index (χ4n) is 2.37. The molecule has 2 heterocycles. The Balaban J connectivity index is 2.69. The van der Waals surface area contributed by atoms with Crippen molar-refractivity contribution in [1.82, 2.24) is 9.66 Å². The minimum absolute atomic E-state index is 0.0593. The van der Waals surface area contributed by atoms with Crippen LogP contribution in [0, 0.1) is 0 Å². The molecule has 0 bridgehead atoms. The summed E-state index contributed by atoms with van der Waals surface area (Å²) in [5.74, 6) is 0. The van der Waals surface area contributed by atoms with Gasteiger partial charge in [0.15, 0.2) is 5.65 Å². The largest absolute Gasteiger partial charge is 0.311 e. The maximum atomic E-state index is 12.6. The van der Waals surface area contributed by atoms with E-state index in [1.807, 2.05) is 30.3 Å². The average molecular weight is 259 g/mol. The van der Waals surface area contributed by atoms with Gasteiger partial charge < -0.3 is 5.01 Å². The third-order valence-corrected chi connectivity index (χ3v) is 3.22. The van der Waals surface area contributed by atoms with Crippen LogP contribution in [0.15, 0.2) is 29.2 Å². The second kappa shape index (κ2) is 5.87. The minimum atomic E-state index is 0.0593. The molecule has 0 radical (unpaired) electrons. The topological polar surface area (TPSA) is 38.1 Å². The Kier molecular flexibility index (Phi) is 4.20. The van der Waals surface area contributed by atoms with Gasteiger partial charge in [-0.1, -0.05) is 20.3 Å². The quantitative estimate of drug-likeness (QED) is 0.827. The van der Waals surface area contributed by atoms with Gasteiger partial charge >= 0.3 is 0 Å². The SMILES string of the molecule is CCCc1cc2cccnc2n(N(C)CCC)c1=O. The van der Waals surface area contributed by atoms with Gasteiger partial charge in [0, 0.05) is 30.7 Å². The molecule has 0 unspecified atom stereocenters. The van der Waals surface area contributed by atoms with Crippen molar-refractivity contribution < 1.29 is 0 Å². The van der Waals surface area contributed by atoms with Gasteiger partial charge in [0.25, 0.3) is 5.56 Å². The molecular weight excluding hydrogens is 238 g/mol. The lowest BCUT2D eigenvalue weighted by molar-refractivity contribution is 0.627. The molecule has 0 atom stereocenters. The number of rotatable bonds is 5. The molecule has 4 nitrogen and oxygen atoms in total. The normalized spacial score (nSPS) is 10.9. The molecule has 0 aliphatic carbocycles. The summed E-state index contributed by atoms with van der Waals surface area (Å²) < 4.78 is 1.71. The van der Waals surface area contributed by atoms with Gasteiger partial charge in [-0.25, -0.2) is 9.66 Å². The van der Waals surface area contributed by atoms with Crippen molar-refractivity contribution >= 4 is 11.0 Å². The summed E-state index contributed by atoms with van der Waals surface area (Å²) in [5.41, 5.74) is 1.67. The number of hydrogen-bond donors (Lipinski definition) is 0. The van der Waals surface area contributed by atoms with Gasteiger partial charge in [0.05, 0.1) is 0 Å². The summed E-state index contributed by atoms with van der Waals surface area (Å²) in [6.45, 7) is 5.03. The lowest BCUT2D eigenvalue weighted by Crippen LogP contribution is -2.41. The number of pyridine rings is 2. The van der Waals surface area contributed by atoms with Crippen LogP contribution in [0.1, 0.15) is 32.3 Å². The first kappa shape index (κ1) is 13.6. The minimum Gasteiger partial charge on any atom is -0.311 e. The molecule has 0 saturated carbocycles. The van der Waals surface area contributed by atoms with Crippen LogP contribution < -0.4 is 10.6 Å². The monoisotopic (exact) mass is 259 g/mol. The fourth-order valence-corrected chi connectivity index (χ4v) is 2.37. The number of aromatic nitrogens is 2. The highest BCUT2D eigenvalue weighted by molar-refractivity contribution is 5.75. The van der Waals surface area contributed by atoms with Crippen LogP contribution in [-0.4, -0.2) is 23.3 Å². The summed E-state index contributed by atoms with van der Waals surface area (Å²) in [5, 5.41) is 2.98. The summed E-state index contributed by atoms with van der Waals surface area (Å²) in [4.78, 5) is 16.9. The van der Waals surface area contributed by atoms with E-state index in [-0.39, 0.29) is 5.56 Å². The van der Waals surface area contributed by atoms with Crippen molar-refractivity contribution in [2.24, 2.45) is 0 Å². The first-order valence-corrected chi connectivity index (χ1v) is 6.90. The molecule has 0 aliphatic heterocycles. The van der Waals surface area contributed by atoms with E-state index in [9.17, 15) is 4.79 Å². The van der Waals surface area contributed by atoms with E-state index in [2.05, 4.69) is 18.8 Å². The standard InChI is InChI=1S/C15H21N3O/c1-4-7-13-11-12-8-6-9-16-14(12)18(15(13)19)17(3)10-5-2/h6,8-9,11H,4-5,7,10H2,1-3H3. The first-order valence-electron chi connectivity index (χ1n) is 6.90. The second-order valence-electron chi connectivity index (χ2n) is 4.83. The molecular formula is C15H21N3O. The van der Waals surface area contributed by atoms with E-state index >= 15 is 0 Å². The van der Waals surface area contributed by atoms with Crippen molar-refractivity contribution in [2.45, 2.75) is 33.1 Å². The van der Waals surface area contributed by atoms with E-state index in [4.69, 9.17) is 0 Å². The summed E-state index contributed by atoms with van der Waals surface area (Å²) >= 11 is 0. The number of aryl methyl sites for hydroxylation is 1. The third-order valence-electron chi connectivity index (χ3n) is 3.22. The van der Waals surface area contributed by atoms with Crippen LogP contribution in [0.3, 0.4) is 0 Å². The molecule has 0 N–H and O–H groups in total. The highest BCUT2D eigenvalue weighted by Crippen LogP contribution is 2.12. The summed E-state index contributed by atoms with van der Waals surface area (Å²) in [7, 11) is 1.94. The van der Waals surface area contributed by atoms with Crippen molar-refractivity contribution in [1.29, 1.82) is 0 Å². The van der Waals surface area contributed by atoms with Crippen molar-refractivity contribution in [3.8, 4) is 0 Å². The fraction of sp³-hybridized carbons (Fsp3) is 0.467. The second-order valence-corrected chi connectivity index (χ2v) is 4.83. The molecule has 2 aromatic heterocycles. The Morgan fingerprint density at radius 3 is 2.79 bits per heavy atom. The van der Waals surface area contributed by atoms with Crippen LogP contribution in [0.5, 0.6) is 0 Å². The number of hydrogen-bond acceptors (Lipinski definition) is 3. The Bertz CT molecular complexity index is 618. The molecule has 19 heavy (non-hydrogen) atoms. The Labute approximate surface area is 113 Å². The third kappa shape index (κ3) is 2.62.